The van der Waals surface area contributed by atoms with Crippen molar-refractivity contribution in [2.24, 2.45) is 0 Å². The van der Waals surface area contributed by atoms with Gasteiger partial charge >= 0.3 is 6.03 Å². The predicted octanol–water partition coefficient (Wildman–Crippen LogP) is 5.58. The van der Waals surface area contributed by atoms with Crippen LogP contribution in [0.25, 0.3) is 17.0 Å². The molecule has 32 heavy (non-hydrogen) atoms. The summed E-state index contributed by atoms with van der Waals surface area (Å²) in [7, 11) is 1.64. The van der Waals surface area contributed by atoms with E-state index in [2.05, 4.69) is 15.5 Å². The van der Waals surface area contributed by atoms with Gasteiger partial charge in [0.15, 0.2) is 0 Å². The van der Waals surface area contributed by atoms with Crippen LogP contribution in [0.2, 0.25) is 10.0 Å². The topological polar surface area (TPSA) is 80.5 Å². The minimum atomic E-state index is -0.488. The number of urea groups is 1. The average Bonchev–Trinajstić information content (AvgIpc) is 3.26. The number of aromatic nitrogens is 2. The van der Waals surface area contributed by atoms with E-state index in [9.17, 15) is 4.79 Å². The van der Waals surface area contributed by atoms with Crippen molar-refractivity contribution in [2.75, 3.05) is 20.3 Å². The summed E-state index contributed by atoms with van der Waals surface area (Å²) in [5.41, 5.74) is 3.06. The van der Waals surface area contributed by atoms with Crippen molar-refractivity contribution in [1.29, 1.82) is 0 Å². The van der Waals surface area contributed by atoms with E-state index in [1.165, 1.54) is 0 Å². The number of rotatable bonds is 7. The Labute approximate surface area is 196 Å². The Bertz CT molecular complexity index is 1140. The molecule has 9 heteroatoms. The lowest BCUT2D eigenvalue weighted by molar-refractivity contribution is 0.174. The highest BCUT2D eigenvalue weighted by molar-refractivity contribution is 6.30. The van der Waals surface area contributed by atoms with Gasteiger partial charge in [-0.05, 0) is 55.3 Å². The van der Waals surface area contributed by atoms with Crippen molar-refractivity contribution in [3.8, 4) is 11.4 Å². The Morgan fingerprint density at radius 3 is 2.66 bits per heavy atom. The standard InChI is InChI=1S/C23H22Cl2N4O3/c1-14-19(22-27-21(28-32-22)15-7-9-17(24)10-8-15)20(16-5-3-6-18(25)13-16)26-23(30)29(14)11-4-12-31-2/h3,5-10,13,20H,4,11-12H2,1-2H3,(H,26,30). The van der Waals surface area contributed by atoms with Gasteiger partial charge in [-0.2, -0.15) is 4.98 Å². The van der Waals surface area contributed by atoms with Gasteiger partial charge in [-0.3, -0.25) is 4.90 Å². The van der Waals surface area contributed by atoms with E-state index in [0.717, 1.165) is 22.4 Å². The van der Waals surface area contributed by atoms with Crippen LogP contribution in [0.3, 0.4) is 0 Å². The molecule has 0 aliphatic carbocycles. The summed E-state index contributed by atoms with van der Waals surface area (Å²) in [6.45, 7) is 2.92. The molecule has 3 aromatic rings. The number of allylic oxidation sites excluding steroid dienone is 1. The second-order valence-electron chi connectivity index (χ2n) is 7.36. The van der Waals surface area contributed by atoms with Gasteiger partial charge in [-0.15, -0.1) is 0 Å². The van der Waals surface area contributed by atoms with E-state index >= 15 is 0 Å². The molecule has 1 unspecified atom stereocenters. The third-order valence-electron chi connectivity index (χ3n) is 5.27. The van der Waals surface area contributed by atoms with Crippen LogP contribution in [0.5, 0.6) is 0 Å². The van der Waals surface area contributed by atoms with Gasteiger partial charge in [-0.1, -0.05) is 40.5 Å². The van der Waals surface area contributed by atoms with Crippen LogP contribution in [0.4, 0.5) is 4.79 Å². The molecule has 4 rings (SSSR count). The van der Waals surface area contributed by atoms with Crippen molar-refractivity contribution in [1.82, 2.24) is 20.4 Å². The number of benzene rings is 2. The van der Waals surface area contributed by atoms with Crippen LogP contribution < -0.4 is 5.32 Å². The number of carbonyl (C=O) groups is 1. The summed E-state index contributed by atoms with van der Waals surface area (Å²) in [4.78, 5) is 19.2. The first-order valence-electron chi connectivity index (χ1n) is 10.1. The first-order chi connectivity index (χ1) is 15.5. The van der Waals surface area contributed by atoms with Crippen LogP contribution in [0.1, 0.15) is 30.8 Å². The highest BCUT2D eigenvalue weighted by atomic mass is 35.5. The van der Waals surface area contributed by atoms with Crippen molar-refractivity contribution >= 4 is 34.8 Å². The second-order valence-corrected chi connectivity index (χ2v) is 8.24. The zero-order chi connectivity index (χ0) is 22.7. The highest BCUT2D eigenvalue weighted by Crippen LogP contribution is 2.38. The van der Waals surface area contributed by atoms with Crippen LogP contribution in [0, 0.1) is 0 Å². The minimum Gasteiger partial charge on any atom is -0.385 e. The van der Waals surface area contributed by atoms with Gasteiger partial charge in [0.05, 0.1) is 11.6 Å². The van der Waals surface area contributed by atoms with Crippen LogP contribution in [-0.2, 0) is 4.74 Å². The lowest BCUT2D eigenvalue weighted by atomic mass is 9.94. The lowest BCUT2D eigenvalue weighted by Gasteiger charge is -2.35. The van der Waals surface area contributed by atoms with Gasteiger partial charge in [0.1, 0.15) is 0 Å². The molecule has 1 aliphatic rings. The van der Waals surface area contributed by atoms with E-state index < -0.39 is 6.04 Å². The highest BCUT2D eigenvalue weighted by Gasteiger charge is 2.35. The van der Waals surface area contributed by atoms with Crippen LogP contribution in [-0.4, -0.2) is 41.3 Å². The summed E-state index contributed by atoms with van der Waals surface area (Å²) in [6.07, 6.45) is 0.691. The predicted molar refractivity (Wildman–Crippen MR) is 123 cm³/mol. The quantitative estimate of drug-likeness (QED) is 0.454. The minimum absolute atomic E-state index is 0.204. The number of methoxy groups -OCH3 is 1. The van der Waals surface area contributed by atoms with Crippen molar-refractivity contribution < 1.29 is 14.1 Å². The number of nitrogens with one attached hydrogen (secondary N) is 1. The van der Waals surface area contributed by atoms with E-state index in [1.807, 2.05) is 37.3 Å². The average molecular weight is 473 g/mol. The molecule has 7 nitrogen and oxygen atoms in total. The Hall–Kier alpha value is -2.87. The smallest absolute Gasteiger partial charge is 0.322 e. The van der Waals surface area contributed by atoms with Crippen molar-refractivity contribution in [3.63, 3.8) is 0 Å². The summed E-state index contributed by atoms with van der Waals surface area (Å²) < 4.78 is 10.8. The number of amides is 2. The molecule has 1 aromatic heterocycles. The third kappa shape index (κ3) is 4.65. The van der Waals surface area contributed by atoms with E-state index in [1.54, 1.807) is 30.2 Å². The van der Waals surface area contributed by atoms with Gasteiger partial charge in [0, 0.05) is 41.6 Å². The van der Waals surface area contributed by atoms with Gasteiger partial charge < -0.3 is 14.6 Å². The fraction of sp³-hybridized carbons (Fsp3) is 0.261. The molecule has 0 saturated heterocycles. The maximum atomic E-state index is 12.9. The molecule has 2 heterocycles. The number of hydrogen-bond donors (Lipinski definition) is 1. The molecule has 1 aliphatic heterocycles. The fourth-order valence-corrected chi connectivity index (χ4v) is 4.00. The molecule has 1 N–H and O–H groups in total. The number of halogens is 2. The molecular formula is C23H22Cl2N4O3. The van der Waals surface area contributed by atoms with Gasteiger partial charge in [0.2, 0.25) is 5.82 Å². The molecule has 1 atom stereocenters. The summed E-state index contributed by atoms with van der Waals surface area (Å²) in [5, 5.41) is 8.40. The van der Waals surface area contributed by atoms with Gasteiger partial charge in [0.25, 0.3) is 5.89 Å². The Morgan fingerprint density at radius 1 is 1.16 bits per heavy atom. The fourth-order valence-electron chi connectivity index (χ4n) is 3.68. The molecular weight excluding hydrogens is 451 g/mol. The maximum absolute atomic E-state index is 12.9. The van der Waals surface area contributed by atoms with Crippen LogP contribution >= 0.6 is 23.2 Å². The molecule has 0 saturated carbocycles. The first kappa shape index (κ1) is 22.3. The number of hydrogen-bond acceptors (Lipinski definition) is 5. The molecule has 2 amide bonds. The molecule has 0 radical (unpaired) electrons. The Balaban J connectivity index is 1.77. The monoisotopic (exact) mass is 472 g/mol. The molecule has 0 fully saturated rings. The number of nitrogens with zero attached hydrogens (tertiary/aromatic N) is 3. The van der Waals surface area contributed by atoms with E-state index in [4.69, 9.17) is 32.5 Å². The lowest BCUT2D eigenvalue weighted by Crippen LogP contribution is -2.46. The van der Waals surface area contributed by atoms with Crippen molar-refractivity contribution in [2.45, 2.75) is 19.4 Å². The summed E-state index contributed by atoms with van der Waals surface area (Å²) in [5.74, 6) is 0.763. The van der Waals surface area contributed by atoms with Crippen molar-refractivity contribution in [3.05, 3.63) is 75.7 Å². The third-order valence-corrected chi connectivity index (χ3v) is 5.75. The molecule has 166 valence electrons. The molecule has 0 spiro atoms. The van der Waals surface area contributed by atoms with E-state index in [0.29, 0.717) is 41.3 Å². The Kier molecular flexibility index (Phi) is 6.79. The summed E-state index contributed by atoms with van der Waals surface area (Å²) in [6, 6.07) is 13.8. The number of ether oxygens (including phenoxy) is 1. The first-order valence-corrected chi connectivity index (χ1v) is 10.9. The number of carbonyl (C=O) groups excluding carboxylic acids is 1. The zero-order valence-corrected chi connectivity index (χ0v) is 19.2. The largest absolute Gasteiger partial charge is 0.385 e. The van der Waals surface area contributed by atoms with Crippen LogP contribution in [0.15, 0.2) is 58.8 Å². The summed E-state index contributed by atoms with van der Waals surface area (Å²) >= 11 is 12.2. The second kappa shape index (κ2) is 9.73. The Morgan fingerprint density at radius 2 is 1.94 bits per heavy atom. The van der Waals surface area contributed by atoms with E-state index in [-0.39, 0.29) is 6.03 Å². The zero-order valence-electron chi connectivity index (χ0n) is 17.6. The molecule has 0 bridgehead atoms. The maximum Gasteiger partial charge on any atom is 0.322 e. The molecule has 2 aromatic carbocycles. The normalized spacial score (nSPS) is 16.4. The van der Waals surface area contributed by atoms with Gasteiger partial charge in [-0.25, -0.2) is 4.79 Å². The SMILES string of the molecule is COCCCN1C(=O)NC(c2cccc(Cl)c2)C(c2nc(-c3ccc(Cl)cc3)no2)=C1C.